The Balaban J connectivity index is 1.65. The van der Waals surface area contributed by atoms with Crippen LogP contribution in [0.4, 0.5) is 0 Å². The van der Waals surface area contributed by atoms with Gasteiger partial charge in [0.15, 0.2) is 0 Å². The van der Waals surface area contributed by atoms with Gasteiger partial charge in [0.1, 0.15) is 0 Å². The molecule has 25 heavy (non-hydrogen) atoms. The third kappa shape index (κ3) is 2.53. The smallest absolute Gasteiger partial charge is 0.00196 e. The molecule has 0 radical (unpaired) electrons. The Hall–Kier alpha value is -2.60. The lowest BCUT2D eigenvalue weighted by atomic mass is 9.79. The summed E-state index contributed by atoms with van der Waals surface area (Å²) in [6.45, 7) is 0. The molecular weight excluding hydrogens is 300 g/mol. The molecule has 0 fully saturated rings. The van der Waals surface area contributed by atoms with E-state index in [0.717, 1.165) is 6.42 Å². The van der Waals surface area contributed by atoms with E-state index in [1.54, 1.807) is 11.1 Å². The minimum atomic E-state index is 1.00. The summed E-state index contributed by atoms with van der Waals surface area (Å²) < 4.78 is 0. The van der Waals surface area contributed by atoms with E-state index >= 15 is 0 Å². The van der Waals surface area contributed by atoms with Gasteiger partial charge in [-0.2, -0.15) is 0 Å². The zero-order chi connectivity index (χ0) is 16.6. The number of hydrogen-bond acceptors (Lipinski definition) is 0. The van der Waals surface area contributed by atoms with Crippen molar-refractivity contribution in [2.75, 3.05) is 0 Å². The molecule has 2 aliphatic carbocycles. The fourth-order valence-electron chi connectivity index (χ4n) is 4.50. The zero-order valence-electron chi connectivity index (χ0n) is 14.5. The first-order chi connectivity index (χ1) is 12.4. The van der Waals surface area contributed by atoms with Gasteiger partial charge < -0.3 is 0 Å². The maximum atomic E-state index is 2.37. The molecule has 0 aromatic heterocycles. The molecule has 0 saturated carbocycles. The molecule has 3 aromatic carbocycles. The normalized spacial score (nSPS) is 16.0. The summed E-state index contributed by atoms with van der Waals surface area (Å²) in [5.41, 5.74) is 9.01. The number of hydrogen-bond donors (Lipinski definition) is 0. The van der Waals surface area contributed by atoms with Gasteiger partial charge in [-0.25, -0.2) is 0 Å². The van der Waals surface area contributed by atoms with Crippen LogP contribution in [0.25, 0.3) is 16.3 Å². The number of aryl methyl sites for hydroxylation is 1. The number of fused-ring (bicyclic) bond motifs is 4. The molecule has 2 aliphatic rings. The molecule has 0 amide bonds. The second-order valence-electron chi connectivity index (χ2n) is 7.22. The SMILES string of the molecule is C1=CC2=C(CC1)CCc1c2ccc2c(Cc3ccccc3)cccc12. The summed E-state index contributed by atoms with van der Waals surface area (Å²) >= 11 is 0. The standard InChI is InChI=1S/C25H22/c1-2-7-18(8-3-1)17-20-10-6-12-23-22(20)15-16-24-21-11-5-4-9-19(21)13-14-25(23)24/h1-3,5-8,10-12,15-16H,4,9,13-14,17H2. The van der Waals surface area contributed by atoms with E-state index < -0.39 is 0 Å². The van der Waals surface area contributed by atoms with Crippen molar-refractivity contribution in [1.82, 2.24) is 0 Å². The van der Waals surface area contributed by atoms with Crippen molar-refractivity contribution in [2.45, 2.75) is 32.1 Å². The van der Waals surface area contributed by atoms with Gasteiger partial charge in [-0.15, -0.1) is 0 Å². The maximum Gasteiger partial charge on any atom is -0.00196 e. The molecule has 0 aliphatic heterocycles. The first-order valence-electron chi connectivity index (χ1n) is 9.36. The molecule has 0 unspecified atom stereocenters. The molecule has 0 spiro atoms. The molecule has 0 heterocycles. The minimum Gasteiger partial charge on any atom is -0.0836 e. The molecule has 0 heteroatoms. The Bertz CT molecular complexity index is 1000. The van der Waals surface area contributed by atoms with E-state index in [1.165, 1.54) is 58.7 Å². The highest BCUT2D eigenvalue weighted by atomic mass is 14.2. The van der Waals surface area contributed by atoms with E-state index in [9.17, 15) is 0 Å². The molecule has 0 N–H and O–H groups in total. The van der Waals surface area contributed by atoms with Crippen molar-refractivity contribution in [3.63, 3.8) is 0 Å². The summed E-state index contributed by atoms with van der Waals surface area (Å²) in [7, 11) is 0. The lowest BCUT2D eigenvalue weighted by molar-refractivity contribution is 0.831. The van der Waals surface area contributed by atoms with Crippen LogP contribution in [0, 0.1) is 0 Å². The van der Waals surface area contributed by atoms with E-state index in [0.29, 0.717) is 0 Å². The average molecular weight is 322 g/mol. The second kappa shape index (κ2) is 6.04. The third-order valence-electron chi connectivity index (χ3n) is 5.75. The largest absolute Gasteiger partial charge is 0.0836 e. The highest BCUT2D eigenvalue weighted by molar-refractivity contribution is 5.95. The van der Waals surface area contributed by atoms with Crippen LogP contribution in [0.1, 0.15) is 41.5 Å². The van der Waals surface area contributed by atoms with Crippen LogP contribution in [0.3, 0.4) is 0 Å². The van der Waals surface area contributed by atoms with Crippen LogP contribution >= 0.6 is 0 Å². The first kappa shape index (κ1) is 14.7. The Morgan fingerprint density at radius 1 is 0.720 bits per heavy atom. The van der Waals surface area contributed by atoms with Gasteiger partial charge in [0.05, 0.1) is 0 Å². The van der Waals surface area contributed by atoms with Crippen LogP contribution in [-0.2, 0) is 12.8 Å². The lowest BCUT2D eigenvalue weighted by Crippen LogP contribution is -2.07. The van der Waals surface area contributed by atoms with Gasteiger partial charge >= 0.3 is 0 Å². The molecule has 0 atom stereocenters. The monoisotopic (exact) mass is 322 g/mol. The maximum absolute atomic E-state index is 2.37. The van der Waals surface area contributed by atoms with Crippen molar-refractivity contribution < 1.29 is 0 Å². The van der Waals surface area contributed by atoms with Gasteiger partial charge in [0.2, 0.25) is 0 Å². The summed E-state index contributed by atoms with van der Waals surface area (Å²) in [6, 6.07) is 22.4. The van der Waals surface area contributed by atoms with Crippen molar-refractivity contribution >= 4 is 16.3 Å². The highest BCUT2D eigenvalue weighted by Gasteiger charge is 2.21. The van der Waals surface area contributed by atoms with Crippen LogP contribution < -0.4 is 0 Å². The van der Waals surface area contributed by atoms with Crippen molar-refractivity contribution in [2.24, 2.45) is 0 Å². The zero-order valence-corrected chi connectivity index (χ0v) is 14.5. The summed E-state index contributed by atoms with van der Waals surface area (Å²) in [4.78, 5) is 0. The molecule has 5 rings (SSSR count). The van der Waals surface area contributed by atoms with Gasteiger partial charge in [-0.1, -0.05) is 78.4 Å². The topological polar surface area (TPSA) is 0 Å². The molecule has 0 nitrogen and oxygen atoms in total. The van der Waals surface area contributed by atoms with E-state index in [4.69, 9.17) is 0 Å². The van der Waals surface area contributed by atoms with Gasteiger partial charge in [-0.3, -0.25) is 0 Å². The van der Waals surface area contributed by atoms with E-state index in [2.05, 4.69) is 72.8 Å². The van der Waals surface area contributed by atoms with Gasteiger partial charge in [0.25, 0.3) is 0 Å². The van der Waals surface area contributed by atoms with E-state index in [-0.39, 0.29) is 0 Å². The van der Waals surface area contributed by atoms with Crippen LogP contribution in [0.5, 0.6) is 0 Å². The lowest BCUT2D eigenvalue weighted by Gasteiger charge is -2.26. The molecule has 0 bridgehead atoms. The molecule has 122 valence electrons. The molecular formula is C25H22. The molecule has 3 aromatic rings. The van der Waals surface area contributed by atoms with Crippen LogP contribution in [-0.4, -0.2) is 0 Å². The van der Waals surface area contributed by atoms with Crippen molar-refractivity contribution in [1.29, 1.82) is 0 Å². The quantitative estimate of drug-likeness (QED) is 0.506. The first-order valence-corrected chi connectivity index (χ1v) is 9.36. The van der Waals surface area contributed by atoms with Crippen LogP contribution in [0.15, 0.2) is 78.4 Å². The summed E-state index contributed by atoms with van der Waals surface area (Å²) in [5.74, 6) is 0. The van der Waals surface area contributed by atoms with Gasteiger partial charge in [0, 0.05) is 0 Å². The van der Waals surface area contributed by atoms with Crippen molar-refractivity contribution in [3.05, 3.63) is 101 Å². The predicted octanol–water partition coefficient (Wildman–Crippen LogP) is 6.48. The summed E-state index contributed by atoms with van der Waals surface area (Å²) in [5, 5.41) is 2.88. The molecule has 0 saturated heterocycles. The Morgan fingerprint density at radius 3 is 2.56 bits per heavy atom. The highest BCUT2D eigenvalue weighted by Crippen LogP contribution is 2.40. The Morgan fingerprint density at radius 2 is 1.64 bits per heavy atom. The predicted molar refractivity (Wildman–Crippen MR) is 107 cm³/mol. The van der Waals surface area contributed by atoms with Crippen LogP contribution in [0.2, 0.25) is 0 Å². The van der Waals surface area contributed by atoms with Gasteiger partial charge in [-0.05, 0) is 70.7 Å². The number of allylic oxidation sites excluding steroid dienone is 4. The van der Waals surface area contributed by atoms with Crippen molar-refractivity contribution in [3.8, 4) is 0 Å². The number of benzene rings is 3. The summed E-state index contributed by atoms with van der Waals surface area (Å²) in [6.07, 6.45) is 10.6. The fourth-order valence-corrected chi connectivity index (χ4v) is 4.50. The Kier molecular flexibility index (Phi) is 3.56. The second-order valence-corrected chi connectivity index (χ2v) is 7.22. The minimum absolute atomic E-state index is 1.00. The average Bonchev–Trinajstić information content (AvgIpc) is 2.68. The Labute approximate surface area is 149 Å². The number of rotatable bonds is 2. The van der Waals surface area contributed by atoms with E-state index in [1.807, 2.05) is 0 Å². The fraction of sp³-hybridized carbons (Fsp3) is 0.200. The third-order valence-corrected chi connectivity index (χ3v) is 5.75.